The molecule has 0 saturated heterocycles. The predicted octanol–water partition coefficient (Wildman–Crippen LogP) is 3.38. The monoisotopic (exact) mass is 361 g/mol. The summed E-state index contributed by atoms with van der Waals surface area (Å²) < 4.78 is 2.13. The van der Waals surface area contributed by atoms with Crippen molar-refractivity contribution in [2.45, 2.75) is 13.5 Å². The van der Waals surface area contributed by atoms with Crippen molar-refractivity contribution in [3.05, 3.63) is 71.4 Å². The largest absolute Gasteiger partial charge is 0.362 e. The van der Waals surface area contributed by atoms with Crippen molar-refractivity contribution < 1.29 is 0 Å². The van der Waals surface area contributed by atoms with Crippen LogP contribution in [0.2, 0.25) is 0 Å². The molecule has 6 heteroatoms. The molecule has 26 heavy (non-hydrogen) atoms. The minimum Gasteiger partial charge on any atom is -0.362 e. The Hall–Kier alpha value is -3.17. The van der Waals surface area contributed by atoms with Gasteiger partial charge in [0.25, 0.3) is 0 Å². The van der Waals surface area contributed by atoms with E-state index in [1.54, 1.807) is 6.21 Å². The van der Waals surface area contributed by atoms with E-state index in [9.17, 15) is 5.26 Å². The van der Waals surface area contributed by atoms with Gasteiger partial charge in [0, 0.05) is 35.8 Å². The summed E-state index contributed by atoms with van der Waals surface area (Å²) >= 11 is 5.11. The molecule has 0 saturated carbocycles. The number of hydrazone groups is 1. The van der Waals surface area contributed by atoms with Gasteiger partial charge in [-0.25, -0.2) is 0 Å². The molecule has 3 aromatic rings. The molecule has 0 aliphatic rings. The lowest BCUT2D eigenvalue weighted by molar-refractivity contribution is 0.833. The topological polar surface area (TPSA) is 65.1 Å². The third-order valence-electron chi connectivity index (χ3n) is 4.00. The molecule has 130 valence electrons. The van der Waals surface area contributed by atoms with Crippen LogP contribution in [0.1, 0.15) is 23.6 Å². The Morgan fingerprint density at radius 1 is 1.23 bits per heavy atom. The van der Waals surface area contributed by atoms with Crippen LogP contribution in [0.5, 0.6) is 0 Å². The summed E-state index contributed by atoms with van der Waals surface area (Å²) in [5.41, 5.74) is 6.58. The fraction of sp³-hybridized carbons (Fsp3) is 0.150. The van der Waals surface area contributed by atoms with Crippen LogP contribution in [0, 0.1) is 11.3 Å². The first-order chi connectivity index (χ1) is 12.7. The Labute approximate surface area is 157 Å². The summed E-state index contributed by atoms with van der Waals surface area (Å²) in [5, 5.41) is 18.1. The van der Waals surface area contributed by atoms with E-state index >= 15 is 0 Å². The van der Waals surface area contributed by atoms with Gasteiger partial charge in [0.05, 0.1) is 17.8 Å². The van der Waals surface area contributed by atoms with Gasteiger partial charge in [-0.1, -0.05) is 36.4 Å². The van der Waals surface area contributed by atoms with E-state index in [1.165, 1.54) is 0 Å². The molecule has 3 rings (SSSR count). The zero-order valence-corrected chi connectivity index (χ0v) is 15.3. The molecule has 1 heterocycles. The number of benzene rings is 2. The van der Waals surface area contributed by atoms with Crippen molar-refractivity contribution in [1.29, 1.82) is 5.26 Å². The molecular formula is C20H19N5S. The van der Waals surface area contributed by atoms with E-state index in [1.807, 2.05) is 49.5 Å². The van der Waals surface area contributed by atoms with Crippen LogP contribution in [-0.2, 0) is 6.54 Å². The van der Waals surface area contributed by atoms with E-state index in [0.717, 1.165) is 28.6 Å². The number of nitriles is 1. The zero-order valence-electron chi connectivity index (χ0n) is 14.4. The van der Waals surface area contributed by atoms with Crippen molar-refractivity contribution >= 4 is 34.4 Å². The summed E-state index contributed by atoms with van der Waals surface area (Å²) in [6, 6.07) is 18.1. The molecule has 0 bridgehead atoms. The summed E-state index contributed by atoms with van der Waals surface area (Å²) in [7, 11) is 0. The number of thiocarbonyl (C=S) groups is 1. The molecule has 0 amide bonds. The second-order valence-corrected chi connectivity index (χ2v) is 6.14. The molecule has 1 aromatic heterocycles. The third kappa shape index (κ3) is 3.90. The highest BCUT2D eigenvalue weighted by Gasteiger charge is 2.09. The lowest BCUT2D eigenvalue weighted by Crippen LogP contribution is -2.31. The standard InChI is InChI=1S/C20H19N5S/c1-2-22-20(26)24-23-12-17-14-25(19-10-6-5-9-18(17)19)13-16-8-4-3-7-15(16)11-21/h3-10,12,14H,2,13H2,1H3,(H2,22,24,26). The van der Waals surface area contributed by atoms with Crippen LogP contribution in [0.25, 0.3) is 10.9 Å². The minimum atomic E-state index is 0.496. The van der Waals surface area contributed by atoms with Crippen LogP contribution in [0.15, 0.2) is 59.8 Å². The Bertz CT molecular complexity index is 997. The van der Waals surface area contributed by atoms with E-state index in [0.29, 0.717) is 17.2 Å². The maximum absolute atomic E-state index is 9.32. The van der Waals surface area contributed by atoms with Gasteiger partial charge in [-0.2, -0.15) is 10.4 Å². The summed E-state index contributed by atoms with van der Waals surface area (Å²) in [5.74, 6) is 0. The fourth-order valence-corrected chi connectivity index (χ4v) is 3.02. The number of hydrogen-bond acceptors (Lipinski definition) is 3. The smallest absolute Gasteiger partial charge is 0.186 e. The van der Waals surface area contributed by atoms with E-state index in [-0.39, 0.29) is 0 Å². The van der Waals surface area contributed by atoms with Gasteiger partial charge >= 0.3 is 0 Å². The van der Waals surface area contributed by atoms with E-state index < -0.39 is 0 Å². The molecule has 2 aromatic carbocycles. The third-order valence-corrected chi connectivity index (χ3v) is 4.24. The Kier molecular flexibility index (Phi) is 5.62. The number of nitrogens with one attached hydrogen (secondary N) is 2. The van der Waals surface area contributed by atoms with Gasteiger partial charge in [0.15, 0.2) is 5.11 Å². The maximum Gasteiger partial charge on any atom is 0.186 e. The van der Waals surface area contributed by atoms with Crippen LogP contribution in [0.3, 0.4) is 0 Å². The van der Waals surface area contributed by atoms with Gasteiger partial charge in [0.1, 0.15) is 0 Å². The second-order valence-electron chi connectivity index (χ2n) is 5.73. The number of para-hydroxylation sites is 1. The molecule has 0 fully saturated rings. The lowest BCUT2D eigenvalue weighted by Gasteiger charge is -2.07. The molecule has 0 atom stereocenters. The van der Waals surface area contributed by atoms with Crippen LogP contribution < -0.4 is 10.7 Å². The molecule has 5 nitrogen and oxygen atoms in total. The van der Waals surface area contributed by atoms with Gasteiger partial charge in [-0.05, 0) is 36.8 Å². The highest BCUT2D eigenvalue weighted by atomic mass is 32.1. The second kappa shape index (κ2) is 8.28. The number of nitrogens with zero attached hydrogens (tertiary/aromatic N) is 3. The molecular weight excluding hydrogens is 342 g/mol. The molecule has 0 aliphatic heterocycles. The highest BCUT2D eigenvalue weighted by molar-refractivity contribution is 7.80. The van der Waals surface area contributed by atoms with Crippen molar-refractivity contribution in [2.75, 3.05) is 6.54 Å². The SMILES string of the molecule is CCNC(=S)NN=Cc1cn(Cc2ccccc2C#N)c2ccccc12. The predicted molar refractivity (Wildman–Crippen MR) is 109 cm³/mol. The quantitative estimate of drug-likeness (QED) is 0.415. The van der Waals surface area contributed by atoms with E-state index in [2.05, 4.69) is 38.6 Å². The zero-order chi connectivity index (χ0) is 18.4. The normalized spacial score (nSPS) is 10.8. The van der Waals surface area contributed by atoms with Gasteiger partial charge in [0.2, 0.25) is 0 Å². The van der Waals surface area contributed by atoms with Crippen molar-refractivity contribution in [3.8, 4) is 6.07 Å². The van der Waals surface area contributed by atoms with Crippen LogP contribution in [-0.4, -0.2) is 22.4 Å². The molecule has 0 radical (unpaired) electrons. The Morgan fingerprint density at radius 3 is 2.81 bits per heavy atom. The van der Waals surface area contributed by atoms with Crippen molar-refractivity contribution in [2.24, 2.45) is 5.10 Å². The summed E-state index contributed by atoms with van der Waals surface area (Å²) in [6.45, 7) is 3.35. The first-order valence-electron chi connectivity index (χ1n) is 8.35. The highest BCUT2D eigenvalue weighted by Crippen LogP contribution is 2.22. The van der Waals surface area contributed by atoms with E-state index in [4.69, 9.17) is 12.2 Å². The first kappa shape index (κ1) is 17.6. The van der Waals surface area contributed by atoms with Gasteiger partial charge in [-0.3, -0.25) is 5.43 Å². The van der Waals surface area contributed by atoms with Crippen molar-refractivity contribution in [1.82, 2.24) is 15.3 Å². The minimum absolute atomic E-state index is 0.496. The molecule has 0 aliphatic carbocycles. The Morgan fingerprint density at radius 2 is 2.00 bits per heavy atom. The Balaban J connectivity index is 1.91. The number of rotatable bonds is 5. The molecule has 0 unspecified atom stereocenters. The van der Waals surface area contributed by atoms with Crippen LogP contribution >= 0.6 is 12.2 Å². The fourth-order valence-electron chi connectivity index (χ4n) is 2.82. The maximum atomic E-state index is 9.32. The average Bonchev–Trinajstić information content (AvgIpc) is 3.00. The molecule has 2 N–H and O–H groups in total. The summed E-state index contributed by atoms with van der Waals surface area (Å²) in [6.07, 6.45) is 3.80. The first-order valence-corrected chi connectivity index (χ1v) is 8.76. The number of fused-ring (bicyclic) bond motifs is 1. The lowest BCUT2D eigenvalue weighted by atomic mass is 10.1. The summed E-state index contributed by atoms with van der Waals surface area (Å²) in [4.78, 5) is 0. The molecule has 0 spiro atoms. The number of hydrogen-bond donors (Lipinski definition) is 2. The van der Waals surface area contributed by atoms with Gasteiger partial charge < -0.3 is 9.88 Å². The average molecular weight is 361 g/mol. The number of aromatic nitrogens is 1. The van der Waals surface area contributed by atoms with Crippen molar-refractivity contribution in [3.63, 3.8) is 0 Å². The van der Waals surface area contributed by atoms with Crippen LogP contribution in [0.4, 0.5) is 0 Å². The van der Waals surface area contributed by atoms with Gasteiger partial charge in [-0.15, -0.1) is 0 Å².